The second-order valence-corrected chi connectivity index (χ2v) is 9.68. The van der Waals surface area contributed by atoms with E-state index in [0.717, 1.165) is 76.0 Å². The van der Waals surface area contributed by atoms with Crippen LogP contribution in [0.25, 0.3) is 0 Å². The summed E-state index contributed by atoms with van der Waals surface area (Å²) < 4.78 is 17.0. The highest BCUT2D eigenvalue weighted by Crippen LogP contribution is 2.25. The molecule has 8 nitrogen and oxygen atoms in total. The van der Waals surface area contributed by atoms with Crippen LogP contribution in [0.1, 0.15) is 16.8 Å². The van der Waals surface area contributed by atoms with E-state index in [1.165, 1.54) is 11.3 Å². The minimum absolute atomic E-state index is 0.645. The van der Waals surface area contributed by atoms with E-state index >= 15 is 0 Å². The minimum Gasteiger partial charge on any atom is -0.497 e. The van der Waals surface area contributed by atoms with Crippen LogP contribution in [0.5, 0.6) is 5.75 Å². The molecule has 2 aromatic carbocycles. The second-order valence-electron chi connectivity index (χ2n) is 9.68. The van der Waals surface area contributed by atoms with E-state index in [1.54, 1.807) is 13.4 Å². The zero-order chi connectivity index (χ0) is 24.7. The maximum atomic E-state index is 6.04. The Labute approximate surface area is 214 Å². The molecule has 2 fully saturated rings. The van der Waals surface area contributed by atoms with E-state index in [0.29, 0.717) is 19.1 Å². The quantitative estimate of drug-likeness (QED) is 0.451. The number of morpholine rings is 1. The standard InChI is InChI=1S/C28H37N5O3/c1-30-9-11-32(12-10-30)26-7-3-5-23(17-26)19-33(20-24-6-4-8-27(18-24)34-2)28-29-25(22-36-28)21-31-13-15-35-16-14-31/h3-8,17-18,22H,9-16,19-21H2,1-2H3. The normalized spacial score (nSPS) is 17.3. The summed E-state index contributed by atoms with van der Waals surface area (Å²) in [7, 11) is 3.89. The van der Waals surface area contributed by atoms with Crippen molar-refractivity contribution < 1.29 is 13.9 Å². The predicted molar refractivity (Wildman–Crippen MR) is 142 cm³/mol. The molecule has 36 heavy (non-hydrogen) atoms. The number of aromatic nitrogens is 1. The Morgan fingerprint density at radius 2 is 1.64 bits per heavy atom. The molecular weight excluding hydrogens is 454 g/mol. The fourth-order valence-electron chi connectivity index (χ4n) is 4.82. The molecule has 0 bridgehead atoms. The number of likely N-dealkylation sites (N-methyl/N-ethyl adjacent to an activating group) is 1. The summed E-state index contributed by atoms with van der Waals surface area (Å²) >= 11 is 0. The van der Waals surface area contributed by atoms with Crippen LogP contribution < -0.4 is 14.5 Å². The molecule has 2 aliphatic rings. The van der Waals surface area contributed by atoms with Crippen molar-refractivity contribution >= 4 is 11.7 Å². The van der Waals surface area contributed by atoms with Gasteiger partial charge in [0.05, 0.1) is 26.0 Å². The highest BCUT2D eigenvalue weighted by atomic mass is 16.5. The van der Waals surface area contributed by atoms with E-state index in [2.05, 4.69) is 63.0 Å². The summed E-state index contributed by atoms with van der Waals surface area (Å²) in [4.78, 5) is 14.3. The SMILES string of the molecule is COc1cccc(CN(Cc2cccc(N3CCN(C)CC3)c2)c2nc(CN3CCOCC3)co2)c1. The lowest BCUT2D eigenvalue weighted by atomic mass is 10.1. The summed E-state index contributed by atoms with van der Waals surface area (Å²) in [5.74, 6) is 0.852. The number of methoxy groups -OCH3 is 1. The average Bonchev–Trinajstić information content (AvgIpc) is 3.38. The fraction of sp³-hybridized carbons (Fsp3) is 0.464. The number of hydrogen-bond donors (Lipinski definition) is 0. The van der Waals surface area contributed by atoms with Gasteiger partial charge in [0.1, 0.15) is 12.0 Å². The predicted octanol–water partition coefficient (Wildman–Crippen LogP) is 3.47. The maximum Gasteiger partial charge on any atom is 0.298 e. The van der Waals surface area contributed by atoms with Gasteiger partial charge in [-0.05, 0) is 42.4 Å². The summed E-state index contributed by atoms with van der Waals surface area (Å²) in [5, 5.41) is 0. The monoisotopic (exact) mass is 491 g/mol. The van der Waals surface area contributed by atoms with Gasteiger partial charge in [-0.2, -0.15) is 4.98 Å². The summed E-state index contributed by atoms with van der Waals surface area (Å²) in [6.45, 7) is 9.85. The molecular formula is C28H37N5O3. The van der Waals surface area contributed by atoms with Crippen molar-refractivity contribution in [3.63, 3.8) is 0 Å². The van der Waals surface area contributed by atoms with Crippen LogP contribution in [0.4, 0.5) is 11.7 Å². The van der Waals surface area contributed by atoms with Crippen molar-refractivity contribution in [2.45, 2.75) is 19.6 Å². The van der Waals surface area contributed by atoms with Gasteiger partial charge in [0.2, 0.25) is 0 Å². The summed E-state index contributed by atoms with van der Waals surface area (Å²) in [6.07, 6.45) is 1.80. The number of hydrogen-bond acceptors (Lipinski definition) is 8. The molecule has 2 aliphatic heterocycles. The van der Waals surface area contributed by atoms with Crippen LogP contribution in [0.15, 0.2) is 59.2 Å². The molecule has 0 unspecified atom stereocenters. The first-order valence-electron chi connectivity index (χ1n) is 12.8. The van der Waals surface area contributed by atoms with Crippen molar-refractivity contribution in [3.8, 4) is 5.75 Å². The van der Waals surface area contributed by atoms with Gasteiger partial charge in [-0.15, -0.1) is 0 Å². The first-order valence-corrected chi connectivity index (χ1v) is 12.8. The number of oxazole rings is 1. The lowest BCUT2D eigenvalue weighted by Crippen LogP contribution is -2.44. The van der Waals surface area contributed by atoms with Gasteiger partial charge in [0, 0.05) is 64.6 Å². The molecule has 0 amide bonds. The van der Waals surface area contributed by atoms with E-state index in [-0.39, 0.29) is 0 Å². The van der Waals surface area contributed by atoms with Crippen LogP contribution >= 0.6 is 0 Å². The number of piperazine rings is 1. The Kier molecular flexibility index (Phi) is 8.05. The Balaban J connectivity index is 1.35. The average molecular weight is 492 g/mol. The van der Waals surface area contributed by atoms with Gasteiger partial charge in [-0.25, -0.2) is 0 Å². The van der Waals surface area contributed by atoms with Gasteiger partial charge in [0.15, 0.2) is 0 Å². The molecule has 192 valence electrons. The van der Waals surface area contributed by atoms with E-state index in [1.807, 2.05) is 12.1 Å². The molecule has 3 heterocycles. The van der Waals surface area contributed by atoms with Crippen molar-refractivity contribution in [2.24, 2.45) is 0 Å². The molecule has 2 saturated heterocycles. The van der Waals surface area contributed by atoms with Crippen molar-refractivity contribution in [3.05, 3.63) is 71.6 Å². The Morgan fingerprint density at radius 1 is 0.917 bits per heavy atom. The van der Waals surface area contributed by atoms with E-state index in [9.17, 15) is 0 Å². The molecule has 0 radical (unpaired) electrons. The Hall–Kier alpha value is -3.07. The van der Waals surface area contributed by atoms with Crippen LogP contribution in [-0.4, -0.2) is 81.4 Å². The smallest absolute Gasteiger partial charge is 0.298 e. The molecule has 0 N–H and O–H groups in total. The highest BCUT2D eigenvalue weighted by Gasteiger charge is 2.19. The van der Waals surface area contributed by atoms with Gasteiger partial charge in [-0.1, -0.05) is 24.3 Å². The van der Waals surface area contributed by atoms with E-state index in [4.69, 9.17) is 18.9 Å². The fourth-order valence-corrected chi connectivity index (χ4v) is 4.82. The van der Waals surface area contributed by atoms with Gasteiger partial charge >= 0.3 is 0 Å². The lowest BCUT2D eigenvalue weighted by molar-refractivity contribution is 0.0336. The molecule has 0 aliphatic carbocycles. The first kappa shape index (κ1) is 24.6. The zero-order valence-electron chi connectivity index (χ0n) is 21.4. The Bertz CT molecular complexity index is 1110. The van der Waals surface area contributed by atoms with E-state index < -0.39 is 0 Å². The third-order valence-electron chi connectivity index (χ3n) is 6.96. The highest BCUT2D eigenvalue weighted by molar-refractivity contribution is 5.50. The molecule has 0 spiro atoms. The topological polar surface area (TPSA) is 57.5 Å². The number of ether oxygens (including phenoxy) is 2. The van der Waals surface area contributed by atoms with Crippen LogP contribution in [0.3, 0.4) is 0 Å². The molecule has 1 aromatic heterocycles. The van der Waals surface area contributed by atoms with Crippen molar-refractivity contribution in [1.29, 1.82) is 0 Å². The maximum absolute atomic E-state index is 6.04. The number of rotatable bonds is 9. The lowest BCUT2D eigenvalue weighted by Gasteiger charge is -2.34. The molecule has 0 saturated carbocycles. The third-order valence-corrected chi connectivity index (χ3v) is 6.96. The minimum atomic E-state index is 0.645. The van der Waals surface area contributed by atoms with Crippen molar-refractivity contribution in [2.75, 3.05) is 76.4 Å². The second kappa shape index (κ2) is 11.8. The van der Waals surface area contributed by atoms with Crippen LogP contribution in [0, 0.1) is 0 Å². The summed E-state index contributed by atoms with van der Waals surface area (Å²) in [5.41, 5.74) is 4.62. The van der Waals surface area contributed by atoms with Gasteiger partial charge < -0.3 is 28.6 Å². The molecule has 5 rings (SSSR count). The number of nitrogens with zero attached hydrogens (tertiary/aromatic N) is 5. The van der Waals surface area contributed by atoms with Gasteiger partial charge in [0.25, 0.3) is 6.01 Å². The summed E-state index contributed by atoms with van der Waals surface area (Å²) in [6, 6.07) is 17.7. The molecule has 8 heteroatoms. The zero-order valence-corrected chi connectivity index (χ0v) is 21.4. The number of anilines is 2. The molecule has 0 atom stereocenters. The largest absolute Gasteiger partial charge is 0.497 e. The van der Waals surface area contributed by atoms with Crippen LogP contribution in [-0.2, 0) is 24.4 Å². The van der Waals surface area contributed by atoms with Gasteiger partial charge in [-0.3, -0.25) is 4.90 Å². The van der Waals surface area contributed by atoms with Crippen molar-refractivity contribution in [1.82, 2.24) is 14.8 Å². The van der Waals surface area contributed by atoms with Crippen LogP contribution in [0.2, 0.25) is 0 Å². The number of benzene rings is 2. The molecule has 3 aromatic rings. The Morgan fingerprint density at radius 3 is 2.39 bits per heavy atom. The first-order chi connectivity index (χ1) is 17.7. The third kappa shape index (κ3) is 6.37.